The van der Waals surface area contributed by atoms with E-state index in [4.69, 9.17) is 4.74 Å². The highest BCUT2D eigenvalue weighted by Crippen LogP contribution is 2.34. The molecule has 0 aromatic rings. The molecule has 1 aliphatic carbocycles. The van der Waals surface area contributed by atoms with E-state index in [0.717, 1.165) is 19.3 Å². The second-order valence-electron chi connectivity index (χ2n) is 4.76. The Labute approximate surface area is 95.3 Å². The Kier molecular flexibility index (Phi) is 4.26. The Morgan fingerprint density at radius 2 is 1.94 bits per heavy atom. The van der Waals surface area contributed by atoms with Crippen LogP contribution in [-0.4, -0.2) is 22.5 Å². The van der Waals surface area contributed by atoms with Gasteiger partial charge in [0.1, 0.15) is 6.42 Å². The zero-order valence-electron chi connectivity index (χ0n) is 9.90. The van der Waals surface area contributed by atoms with Gasteiger partial charge >= 0.3 is 5.97 Å². The van der Waals surface area contributed by atoms with Crippen molar-refractivity contribution < 1.29 is 14.5 Å². The molecule has 5 heteroatoms. The fraction of sp³-hybridized carbons (Fsp3) is 0.909. The minimum atomic E-state index is -1.07. The van der Waals surface area contributed by atoms with Crippen LogP contribution in [0, 0.1) is 10.1 Å². The molecule has 0 aromatic heterocycles. The smallest absolute Gasteiger partial charge is 0.313 e. The summed E-state index contributed by atoms with van der Waals surface area (Å²) in [6.45, 7) is 3.50. The standard InChI is InChI=1S/C11H19NO4/c1-9(2)16-10(13)8-11(12(14)15)6-4-3-5-7-11/h9H,3-8H2,1-2H3. The van der Waals surface area contributed by atoms with E-state index in [2.05, 4.69) is 0 Å². The van der Waals surface area contributed by atoms with Crippen molar-refractivity contribution in [2.45, 2.75) is 64.0 Å². The molecule has 0 radical (unpaired) electrons. The van der Waals surface area contributed by atoms with Crippen molar-refractivity contribution in [2.24, 2.45) is 0 Å². The summed E-state index contributed by atoms with van der Waals surface area (Å²) < 4.78 is 4.98. The third-order valence-electron chi connectivity index (χ3n) is 3.01. The third-order valence-corrected chi connectivity index (χ3v) is 3.01. The molecule has 1 saturated carbocycles. The van der Waals surface area contributed by atoms with E-state index in [1.165, 1.54) is 0 Å². The van der Waals surface area contributed by atoms with Crippen LogP contribution in [0.4, 0.5) is 0 Å². The van der Waals surface area contributed by atoms with Crippen LogP contribution in [0.15, 0.2) is 0 Å². The van der Waals surface area contributed by atoms with Gasteiger partial charge in [-0.05, 0) is 26.7 Å². The summed E-state index contributed by atoms with van der Waals surface area (Å²) in [5.74, 6) is -0.450. The van der Waals surface area contributed by atoms with Crippen LogP contribution < -0.4 is 0 Å². The number of nitro groups is 1. The Hall–Kier alpha value is -1.13. The molecule has 0 N–H and O–H groups in total. The van der Waals surface area contributed by atoms with Gasteiger partial charge in [-0.2, -0.15) is 0 Å². The molecular formula is C11H19NO4. The summed E-state index contributed by atoms with van der Waals surface area (Å²) >= 11 is 0. The van der Waals surface area contributed by atoms with E-state index >= 15 is 0 Å². The fourth-order valence-electron chi connectivity index (χ4n) is 2.21. The van der Waals surface area contributed by atoms with Crippen molar-refractivity contribution in [1.82, 2.24) is 0 Å². The van der Waals surface area contributed by atoms with E-state index in [0.29, 0.717) is 12.8 Å². The summed E-state index contributed by atoms with van der Waals surface area (Å²) in [4.78, 5) is 22.3. The van der Waals surface area contributed by atoms with E-state index < -0.39 is 11.5 Å². The molecule has 0 atom stereocenters. The maximum Gasteiger partial charge on any atom is 0.313 e. The van der Waals surface area contributed by atoms with Crippen LogP contribution >= 0.6 is 0 Å². The maximum atomic E-state index is 11.5. The van der Waals surface area contributed by atoms with Gasteiger partial charge < -0.3 is 4.74 Å². The van der Waals surface area contributed by atoms with Gasteiger partial charge in [-0.15, -0.1) is 0 Å². The van der Waals surface area contributed by atoms with Crippen LogP contribution in [0.25, 0.3) is 0 Å². The number of rotatable bonds is 4. The lowest BCUT2D eigenvalue weighted by Gasteiger charge is -2.28. The normalized spacial score (nSPS) is 19.4. The lowest BCUT2D eigenvalue weighted by atomic mass is 9.80. The van der Waals surface area contributed by atoms with E-state index in [9.17, 15) is 14.9 Å². The van der Waals surface area contributed by atoms with Crippen LogP contribution in [0.5, 0.6) is 0 Å². The molecule has 0 unspecified atom stereocenters. The molecule has 92 valence electrons. The van der Waals surface area contributed by atoms with E-state index in [1.54, 1.807) is 13.8 Å². The Morgan fingerprint density at radius 3 is 2.38 bits per heavy atom. The second kappa shape index (κ2) is 5.27. The first-order valence-corrected chi connectivity index (χ1v) is 5.80. The maximum absolute atomic E-state index is 11.5. The lowest BCUT2D eigenvalue weighted by molar-refractivity contribution is -0.574. The van der Waals surface area contributed by atoms with Crippen molar-refractivity contribution in [2.75, 3.05) is 0 Å². The predicted molar refractivity (Wildman–Crippen MR) is 58.7 cm³/mol. The molecular weight excluding hydrogens is 210 g/mol. The lowest BCUT2D eigenvalue weighted by Crippen LogP contribution is -2.42. The van der Waals surface area contributed by atoms with Crippen LogP contribution in [0.2, 0.25) is 0 Å². The van der Waals surface area contributed by atoms with Gasteiger partial charge in [0.15, 0.2) is 0 Å². The van der Waals surface area contributed by atoms with Gasteiger partial charge in [-0.3, -0.25) is 14.9 Å². The van der Waals surface area contributed by atoms with Crippen molar-refractivity contribution in [3.63, 3.8) is 0 Å². The summed E-state index contributed by atoms with van der Waals surface area (Å²) in [6, 6.07) is 0. The molecule has 0 aromatic carbocycles. The highest BCUT2D eigenvalue weighted by molar-refractivity contribution is 5.70. The van der Waals surface area contributed by atoms with Crippen LogP contribution in [0.1, 0.15) is 52.4 Å². The quantitative estimate of drug-likeness (QED) is 0.421. The zero-order chi connectivity index (χ0) is 12.2. The van der Waals surface area contributed by atoms with Gasteiger partial charge in [-0.1, -0.05) is 6.42 Å². The molecule has 1 aliphatic rings. The Bertz CT molecular complexity index is 269. The van der Waals surface area contributed by atoms with Crippen molar-refractivity contribution in [3.8, 4) is 0 Å². The van der Waals surface area contributed by atoms with Gasteiger partial charge in [-0.25, -0.2) is 0 Å². The SMILES string of the molecule is CC(C)OC(=O)CC1([N+](=O)[O-])CCCCC1. The van der Waals surface area contributed by atoms with Gasteiger partial charge in [0.25, 0.3) is 0 Å². The Morgan fingerprint density at radius 1 is 1.38 bits per heavy atom. The van der Waals surface area contributed by atoms with Crippen molar-refractivity contribution >= 4 is 5.97 Å². The summed E-state index contributed by atoms with van der Waals surface area (Å²) in [5, 5.41) is 11.1. The first-order valence-electron chi connectivity index (χ1n) is 5.80. The zero-order valence-corrected chi connectivity index (χ0v) is 9.90. The van der Waals surface area contributed by atoms with Gasteiger partial charge in [0.2, 0.25) is 5.54 Å². The molecule has 0 aliphatic heterocycles. The topological polar surface area (TPSA) is 69.4 Å². The first kappa shape index (κ1) is 12.9. The number of esters is 1. The van der Waals surface area contributed by atoms with Gasteiger partial charge in [0, 0.05) is 17.8 Å². The predicted octanol–water partition coefficient (Wildman–Crippen LogP) is 2.31. The second-order valence-corrected chi connectivity index (χ2v) is 4.76. The fourth-order valence-corrected chi connectivity index (χ4v) is 2.21. The number of ether oxygens (including phenoxy) is 1. The van der Waals surface area contributed by atoms with E-state index in [1.807, 2.05) is 0 Å². The largest absolute Gasteiger partial charge is 0.463 e. The van der Waals surface area contributed by atoms with Crippen molar-refractivity contribution in [1.29, 1.82) is 0 Å². The van der Waals surface area contributed by atoms with Crippen molar-refractivity contribution in [3.05, 3.63) is 10.1 Å². The molecule has 1 fully saturated rings. The number of nitrogens with zero attached hydrogens (tertiary/aromatic N) is 1. The molecule has 0 bridgehead atoms. The molecule has 0 heterocycles. The molecule has 1 rings (SSSR count). The minimum absolute atomic E-state index is 0.0851. The first-order chi connectivity index (χ1) is 7.46. The molecule has 0 saturated heterocycles. The number of hydrogen-bond acceptors (Lipinski definition) is 4. The number of hydrogen-bond donors (Lipinski definition) is 0. The molecule has 16 heavy (non-hydrogen) atoms. The molecule has 0 spiro atoms. The average molecular weight is 229 g/mol. The monoisotopic (exact) mass is 229 g/mol. The average Bonchev–Trinajstić information content (AvgIpc) is 2.17. The van der Waals surface area contributed by atoms with E-state index in [-0.39, 0.29) is 17.4 Å². The Balaban J connectivity index is 2.64. The molecule has 0 amide bonds. The highest BCUT2D eigenvalue weighted by Gasteiger charge is 2.46. The summed E-state index contributed by atoms with van der Waals surface area (Å²) in [6.07, 6.45) is 3.37. The summed E-state index contributed by atoms with van der Waals surface area (Å²) in [5.41, 5.74) is -1.07. The highest BCUT2D eigenvalue weighted by atomic mass is 16.6. The number of carbonyl (C=O) groups excluding carboxylic acids is 1. The minimum Gasteiger partial charge on any atom is -0.463 e. The van der Waals surface area contributed by atoms with Crippen LogP contribution in [-0.2, 0) is 9.53 Å². The van der Waals surface area contributed by atoms with Crippen LogP contribution in [0.3, 0.4) is 0 Å². The third kappa shape index (κ3) is 3.18. The molecule has 5 nitrogen and oxygen atoms in total. The number of carbonyl (C=O) groups is 1. The summed E-state index contributed by atoms with van der Waals surface area (Å²) in [7, 11) is 0. The van der Waals surface area contributed by atoms with Gasteiger partial charge in [0.05, 0.1) is 6.10 Å².